The molecule has 1 aromatic carbocycles. The van der Waals surface area contributed by atoms with Crippen LogP contribution in [-0.2, 0) is 20.8 Å². The summed E-state index contributed by atoms with van der Waals surface area (Å²) in [4.78, 5) is 21.7. The number of ether oxygens (including phenoxy) is 4. The van der Waals surface area contributed by atoms with Crippen LogP contribution in [0, 0.1) is 11.6 Å². The van der Waals surface area contributed by atoms with Crippen LogP contribution in [-0.4, -0.2) is 91.2 Å². The lowest BCUT2D eigenvalue weighted by Gasteiger charge is -2.18. The Bertz CT molecular complexity index is 1230. The van der Waals surface area contributed by atoms with E-state index >= 15 is 0 Å². The Morgan fingerprint density at radius 2 is 2.00 bits per heavy atom. The van der Waals surface area contributed by atoms with Crippen LogP contribution in [0.2, 0.25) is 5.02 Å². The molecule has 4 heterocycles. The first kappa shape index (κ1) is 27.6. The maximum atomic E-state index is 14.7. The second-order valence-electron chi connectivity index (χ2n) is 9.34. The summed E-state index contributed by atoms with van der Waals surface area (Å²) in [6, 6.07) is 3.23. The van der Waals surface area contributed by atoms with Gasteiger partial charge in [0, 0.05) is 12.1 Å². The van der Waals surface area contributed by atoms with E-state index in [9.17, 15) is 23.1 Å². The van der Waals surface area contributed by atoms with E-state index in [2.05, 4.69) is 22.0 Å². The molecule has 0 spiro atoms. The summed E-state index contributed by atoms with van der Waals surface area (Å²) in [5, 5.41) is 12.8. The molecule has 1 unspecified atom stereocenters. The minimum absolute atomic E-state index is 0.0162. The average molecular weight is 571 g/mol. The molecule has 0 aliphatic carbocycles. The van der Waals surface area contributed by atoms with E-state index in [1.807, 2.05) is 0 Å². The predicted octanol–water partition coefficient (Wildman–Crippen LogP) is 3.02. The molecule has 0 bridgehead atoms. The van der Waals surface area contributed by atoms with E-state index < -0.39 is 48.1 Å². The lowest BCUT2D eigenvalue weighted by molar-refractivity contribution is -0.0311. The molecule has 5 rings (SSSR count). The molecule has 3 aliphatic rings. The fourth-order valence-corrected chi connectivity index (χ4v) is 4.92. The van der Waals surface area contributed by atoms with Gasteiger partial charge in [-0.25, -0.2) is 18.2 Å². The zero-order chi connectivity index (χ0) is 27.7. The van der Waals surface area contributed by atoms with Crippen molar-refractivity contribution in [3.8, 4) is 5.88 Å². The third-order valence-corrected chi connectivity index (χ3v) is 7.05. The van der Waals surface area contributed by atoms with Gasteiger partial charge < -0.3 is 34.3 Å². The van der Waals surface area contributed by atoms with Crippen LogP contribution in [0.3, 0.4) is 0 Å². The number of carbonyl (C=O) groups is 1. The highest BCUT2D eigenvalue weighted by Gasteiger charge is 2.47. The highest BCUT2D eigenvalue weighted by Crippen LogP contribution is 2.34. The van der Waals surface area contributed by atoms with Crippen LogP contribution in [0.1, 0.15) is 22.3 Å². The van der Waals surface area contributed by atoms with Gasteiger partial charge in [-0.15, -0.1) is 0 Å². The number of nitrogens with zero attached hydrogens (tertiary/aromatic N) is 3. The van der Waals surface area contributed by atoms with E-state index in [4.69, 9.17) is 30.5 Å². The number of hydrogen-bond donors (Lipinski definition) is 2. The van der Waals surface area contributed by atoms with Crippen molar-refractivity contribution in [1.82, 2.24) is 9.88 Å². The van der Waals surface area contributed by atoms with Gasteiger partial charge in [0.1, 0.15) is 60.6 Å². The molecule has 39 heavy (non-hydrogen) atoms. The molecule has 5 atom stereocenters. The largest absolute Gasteiger partial charge is 0.471 e. The van der Waals surface area contributed by atoms with Crippen molar-refractivity contribution >= 4 is 35.7 Å². The quantitative estimate of drug-likeness (QED) is 0.349. The number of amides is 1. The van der Waals surface area contributed by atoms with Crippen molar-refractivity contribution in [2.24, 2.45) is 4.99 Å². The molecular weight excluding hydrogens is 545 g/mol. The number of carbonyl (C=O) groups excluding carboxylic acids is 1. The van der Waals surface area contributed by atoms with Crippen molar-refractivity contribution in [2.75, 3.05) is 38.4 Å². The molecule has 210 valence electrons. The van der Waals surface area contributed by atoms with Crippen molar-refractivity contribution in [3.05, 3.63) is 46.0 Å². The number of pyridine rings is 1. The standard InChI is InChI=1S/C25H26ClF3N4O6/c1-30-23-18(31-11-39-20-10-37-21-19(34)9-36-22(20)21)6-15(26)24(32-23)38-8-14-16(28)4-12(5-17(14)29)25(35)33-3-2-13(27)7-33/h4-6,13,19-22,31,34H,1-3,7-11H2/t13-,19-,20-,21?,22-/m1/s1. The fourth-order valence-electron chi connectivity index (χ4n) is 4.72. The highest BCUT2D eigenvalue weighted by atomic mass is 35.5. The molecule has 3 aliphatic heterocycles. The summed E-state index contributed by atoms with van der Waals surface area (Å²) in [6.45, 7) is 3.44. The van der Waals surface area contributed by atoms with Gasteiger partial charge in [0.15, 0.2) is 5.82 Å². The molecule has 1 aromatic heterocycles. The molecule has 2 aromatic rings. The Balaban J connectivity index is 1.20. The van der Waals surface area contributed by atoms with Crippen molar-refractivity contribution in [3.63, 3.8) is 0 Å². The summed E-state index contributed by atoms with van der Waals surface area (Å²) >= 11 is 6.28. The number of aromatic nitrogens is 1. The number of aliphatic imine (C=N–C) groups is 1. The third kappa shape index (κ3) is 5.82. The summed E-state index contributed by atoms with van der Waals surface area (Å²) in [7, 11) is 0. The van der Waals surface area contributed by atoms with Gasteiger partial charge in [-0.05, 0) is 31.3 Å². The normalized spacial score (nSPS) is 26.1. The number of anilines is 1. The van der Waals surface area contributed by atoms with Crippen LogP contribution in [0.5, 0.6) is 5.88 Å². The number of fused-ring (bicyclic) bond motifs is 1. The molecule has 0 radical (unpaired) electrons. The van der Waals surface area contributed by atoms with E-state index in [1.165, 1.54) is 11.0 Å². The number of aliphatic hydroxyl groups excluding tert-OH is 1. The Morgan fingerprint density at radius 3 is 2.69 bits per heavy atom. The number of rotatable bonds is 9. The van der Waals surface area contributed by atoms with Crippen LogP contribution in [0.4, 0.5) is 24.7 Å². The van der Waals surface area contributed by atoms with Crippen molar-refractivity contribution in [2.45, 2.75) is 43.6 Å². The van der Waals surface area contributed by atoms with Crippen LogP contribution >= 0.6 is 11.6 Å². The van der Waals surface area contributed by atoms with Gasteiger partial charge in [-0.1, -0.05) is 11.6 Å². The molecular formula is C25H26ClF3N4O6. The predicted molar refractivity (Wildman–Crippen MR) is 133 cm³/mol. The van der Waals surface area contributed by atoms with Gasteiger partial charge in [0.25, 0.3) is 5.91 Å². The second kappa shape index (κ2) is 11.6. The van der Waals surface area contributed by atoms with E-state index in [-0.39, 0.29) is 73.9 Å². The molecule has 2 N–H and O–H groups in total. The van der Waals surface area contributed by atoms with Gasteiger partial charge in [-0.3, -0.25) is 4.79 Å². The first-order valence-corrected chi connectivity index (χ1v) is 12.6. The van der Waals surface area contributed by atoms with Gasteiger partial charge >= 0.3 is 0 Å². The number of alkyl halides is 1. The monoisotopic (exact) mass is 570 g/mol. The summed E-state index contributed by atoms with van der Waals surface area (Å²) in [6.07, 6.45) is -2.82. The topological polar surface area (TPSA) is 115 Å². The maximum absolute atomic E-state index is 14.7. The first-order valence-electron chi connectivity index (χ1n) is 12.2. The Hall–Kier alpha value is -2.97. The Kier molecular flexibility index (Phi) is 8.24. The number of benzene rings is 1. The first-order chi connectivity index (χ1) is 18.7. The van der Waals surface area contributed by atoms with Crippen LogP contribution in [0.25, 0.3) is 0 Å². The van der Waals surface area contributed by atoms with Crippen molar-refractivity contribution < 1.29 is 42.0 Å². The maximum Gasteiger partial charge on any atom is 0.254 e. The summed E-state index contributed by atoms with van der Waals surface area (Å²) in [5.41, 5.74) is -0.290. The molecule has 1 amide bonds. The van der Waals surface area contributed by atoms with E-state index in [0.29, 0.717) is 5.69 Å². The lowest BCUT2D eigenvalue weighted by Crippen LogP contribution is -2.33. The van der Waals surface area contributed by atoms with Crippen molar-refractivity contribution in [1.29, 1.82) is 0 Å². The van der Waals surface area contributed by atoms with Crippen LogP contribution in [0.15, 0.2) is 23.2 Å². The van der Waals surface area contributed by atoms with Gasteiger partial charge in [0.2, 0.25) is 5.88 Å². The average Bonchev–Trinajstić information content (AvgIpc) is 3.62. The smallest absolute Gasteiger partial charge is 0.254 e. The van der Waals surface area contributed by atoms with Crippen LogP contribution < -0.4 is 10.1 Å². The highest BCUT2D eigenvalue weighted by molar-refractivity contribution is 6.32. The fraction of sp³-hybridized carbons (Fsp3) is 0.480. The lowest BCUT2D eigenvalue weighted by atomic mass is 10.1. The molecule has 3 fully saturated rings. The minimum atomic E-state index is -1.15. The Labute approximate surface area is 226 Å². The molecule has 14 heteroatoms. The summed E-state index contributed by atoms with van der Waals surface area (Å²) < 4.78 is 65.1. The second-order valence-corrected chi connectivity index (χ2v) is 9.75. The molecule has 10 nitrogen and oxygen atoms in total. The minimum Gasteiger partial charge on any atom is -0.471 e. The zero-order valence-electron chi connectivity index (χ0n) is 20.6. The number of nitrogens with one attached hydrogen (secondary N) is 1. The number of halogens is 4. The third-order valence-electron chi connectivity index (χ3n) is 6.77. The van der Waals surface area contributed by atoms with Gasteiger partial charge in [0.05, 0.1) is 31.0 Å². The molecule has 0 saturated carbocycles. The Morgan fingerprint density at radius 1 is 1.26 bits per heavy atom. The number of hydrogen-bond acceptors (Lipinski definition) is 9. The number of aliphatic hydroxyl groups is 1. The summed E-state index contributed by atoms with van der Waals surface area (Å²) in [5.74, 6) is -2.69. The zero-order valence-corrected chi connectivity index (χ0v) is 21.4. The number of likely N-dealkylation sites (tertiary alicyclic amines) is 1. The van der Waals surface area contributed by atoms with Gasteiger partial charge in [-0.2, -0.15) is 4.98 Å². The van der Waals surface area contributed by atoms with E-state index in [1.54, 1.807) is 0 Å². The SMILES string of the molecule is C=Nc1nc(OCc2c(F)cc(C(=O)N3CC[C@@H](F)C3)cc2F)c(Cl)cc1NCO[C@@H]1COC2[C@H](O)CO[C@@H]21. The van der Waals surface area contributed by atoms with E-state index in [0.717, 1.165) is 12.1 Å². The molecule has 3 saturated heterocycles.